The van der Waals surface area contributed by atoms with Crippen LogP contribution in [0.1, 0.15) is 0 Å². The van der Waals surface area contributed by atoms with Gasteiger partial charge in [-0.15, -0.1) is 0 Å². The van der Waals surface area contributed by atoms with Crippen LogP contribution in [0, 0.1) is 0 Å². The molecule has 3 heterocycles. The third-order valence-corrected chi connectivity index (χ3v) is 12.0. The number of nitrogens with zero attached hydrogens (tertiary/aromatic N) is 5. The highest BCUT2D eigenvalue weighted by molar-refractivity contribution is 6.11. The molecule has 0 amide bonds. The lowest BCUT2D eigenvalue weighted by Crippen LogP contribution is -2.01. The van der Waals surface area contributed by atoms with Crippen molar-refractivity contribution in [2.45, 2.75) is 0 Å². The fourth-order valence-electron chi connectivity index (χ4n) is 8.99. The molecule has 12 rings (SSSR count). The van der Waals surface area contributed by atoms with Crippen LogP contribution in [0.2, 0.25) is 0 Å². The van der Waals surface area contributed by atoms with E-state index >= 15 is 0 Å². The van der Waals surface area contributed by atoms with Crippen molar-refractivity contribution in [1.82, 2.24) is 24.1 Å². The number of hydrogen-bond donors (Lipinski definition) is 0. The van der Waals surface area contributed by atoms with Crippen LogP contribution in [0.15, 0.2) is 224 Å². The zero-order valence-electron chi connectivity index (χ0n) is 33.6. The fraction of sp³-hybridized carbons (Fsp3) is 0. The van der Waals surface area contributed by atoms with E-state index in [1.807, 2.05) is 6.07 Å². The number of hydrogen-bond acceptors (Lipinski definition) is 3. The van der Waals surface area contributed by atoms with E-state index in [0.29, 0.717) is 17.5 Å². The zero-order valence-corrected chi connectivity index (χ0v) is 33.6. The molecular formula is C57H37N5. The van der Waals surface area contributed by atoms with Crippen LogP contribution in [0.3, 0.4) is 0 Å². The van der Waals surface area contributed by atoms with E-state index in [-0.39, 0.29) is 0 Å². The van der Waals surface area contributed by atoms with E-state index < -0.39 is 0 Å². The largest absolute Gasteiger partial charge is 0.309 e. The van der Waals surface area contributed by atoms with Crippen LogP contribution >= 0.6 is 0 Å². The summed E-state index contributed by atoms with van der Waals surface area (Å²) in [5.74, 6) is 1.85. The van der Waals surface area contributed by atoms with E-state index in [9.17, 15) is 0 Å². The van der Waals surface area contributed by atoms with Crippen LogP contribution in [0.25, 0.3) is 111 Å². The van der Waals surface area contributed by atoms with Crippen molar-refractivity contribution in [2.24, 2.45) is 0 Å². The lowest BCUT2D eigenvalue weighted by molar-refractivity contribution is 1.07. The van der Waals surface area contributed by atoms with Gasteiger partial charge in [0.1, 0.15) is 0 Å². The first-order chi connectivity index (χ1) is 30.7. The maximum absolute atomic E-state index is 5.27. The lowest BCUT2D eigenvalue weighted by atomic mass is 9.99. The Hall–Kier alpha value is -8.41. The number of fused-ring (bicyclic) bond motifs is 6. The van der Waals surface area contributed by atoms with Crippen molar-refractivity contribution in [3.8, 4) is 67.8 Å². The highest BCUT2D eigenvalue weighted by atomic mass is 15.0. The highest BCUT2D eigenvalue weighted by Gasteiger charge is 2.19. The van der Waals surface area contributed by atoms with Crippen LogP contribution in [0.5, 0.6) is 0 Å². The maximum atomic E-state index is 5.27. The summed E-state index contributed by atoms with van der Waals surface area (Å²) in [6.07, 6.45) is 0. The first kappa shape index (κ1) is 35.5. The molecule has 3 aromatic heterocycles. The minimum Gasteiger partial charge on any atom is -0.309 e. The van der Waals surface area contributed by atoms with E-state index in [1.165, 1.54) is 27.3 Å². The van der Waals surface area contributed by atoms with E-state index in [0.717, 1.165) is 66.6 Å². The van der Waals surface area contributed by atoms with Crippen LogP contribution in [-0.4, -0.2) is 24.1 Å². The van der Waals surface area contributed by atoms with E-state index in [1.54, 1.807) is 0 Å². The van der Waals surface area contributed by atoms with Crippen LogP contribution in [0.4, 0.5) is 0 Å². The van der Waals surface area contributed by atoms with Crippen molar-refractivity contribution in [3.05, 3.63) is 224 Å². The normalized spacial score (nSPS) is 11.5. The predicted molar refractivity (Wildman–Crippen MR) is 256 cm³/mol. The molecular weight excluding hydrogens is 755 g/mol. The molecule has 0 atom stereocenters. The van der Waals surface area contributed by atoms with Crippen molar-refractivity contribution in [1.29, 1.82) is 0 Å². The molecule has 0 aliphatic heterocycles. The van der Waals surface area contributed by atoms with Crippen molar-refractivity contribution < 1.29 is 0 Å². The second-order valence-electron chi connectivity index (χ2n) is 15.7. The van der Waals surface area contributed by atoms with Gasteiger partial charge in [-0.1, -0.05) is 164 Å². The van der Waals surface area contributed by atoms with Gasteiger partial charge in [0.2, 0.25) is 0 Å². The van der Waals surface area contributed by atoms with Crippen molar-refractivity contribution in [3.63, 3.8) is 0 Å². The average Bonchev–Trinajstić information content (AvgIpc) is 3.87. The molecule has 5 heteroatoms. The summed E-state index contributed by atoms with van der Waals surface area (Å²) in [5, 5.41) is 4.69. The van der Waals surface area contributed by atoms with Crippen molar-refractivity contribution >= 4 is 43.6 Å². The Kier molecular flexibility index (Phi) is 8.42. The smallest absolute Gasteiger partial charge is 0.164 e. The van der Waals surface area contributed by atoms with Crippen molar-refractivity contribution in [2.75, 3.05) is 0 Å². The molecule has 62 heavy (non-hydrogen) atoms. The molecule has 0 bridgehead atoms. The molecule has 0 spiro atoms. The number of benzene rings is 9. The SMILES string of the molecule is c1ccc(-c2ccc(-c3ccc(-c4nc(-c5ccc6c(c5)c5ccccc5n6-c5ccccc5)nc(-c5ccc6c7ccccc7n(-c7ccccc7)c6c5)n4)cc3)cc2)cc1. The summed E-state index contributed by atoms with van der Waals surface area (Å²) in [7, 11) is 0. The molecule has 290 valence electrons. The number of para-hydroxylation sites is 4. The van der Waals surface area contributed by atoms with Crippen LogP contribution < -0.4 is 0 Å². The summed E-state index contributed by atoms with van der Waals surface area (Å²) >= 11 is 0. The molecule has 0 saturated carbocycles. The molecule has 0 radical (unpaired) electrons. The van der Waals surface area contributed by atoms with Gasteiger partial charge >= 0.3 is 0 Å². The minimum atomic E-state index is 0.615. The van der Waals surface area contributed by atoms with Gasteiger partial charge in [-0.3, -0.25) is 0 Å². The fourth-order valence-corrected chi connectivity index (χ4v) is 8.99. The van der Waals surface area contributed by atoms with Gasteiger partial charge in [-0.05, 0) is 82.9 Å². The summed E-state index contributed by atoms with van der Waals surface area (Å²) in [6.45, 7) is 0. The number of aromatic nitrogens is 5. The molecule has 0 unspecified atom stereocenters. The topological polar surface area (TPSA) is 48.5 Å². The predicted octanol–water partition coefficient (Wildman–Crippen LogP) is 14.4. The number of rotatable bonds is 7. The van der Waals surface area contributed by atoms with Gasteiger partial charge in [0.15, 0.2) is 17.5 Å². The second-order valence-corrected chi connectivity index (χ2v) is 15.7. The Bertz CT molecular complexity index is 3590. The van der Waals surface area contributed by atoms with E-state index in [4.69, 9.17) is 15.0 Å². The standard InChI is InChI=1S/C57H37N5/c1-4-14-38(15-5-1)39-24-26-40(27-25-39)41-28-30-42(31-29-41)55-58-56(43-33-35-53-50(36-43)48-21-11-13-23-52(48)61(53)45-16-6-2-7-17-45)60-57(59-55)44-32-34-49-47-20-10-12-22-51(47)62(54(49)37-44)46-18-8-3-9-19-46/h1-37H. The van der Waals surface area contributed by atoms with Gasteiger partial charge < -0.3 is 9.13 Å². The summed E-state index contributed by atoms with van der Waals surface area (Å²) < 4.78 is 4.66. The monoisotopic (exact) mass is 791 g/mol. The molecule has 9 aromatic carbocycles. The van der Waals surface area contributed by atoms with E-state index in [2.05, 4.69) is 228 Å². The average molecular weight is 792 g/mol. The van der Waals surface area contributed by atoms with Crippen LogP contribution in [-0.2, 0) is 0 Å². The molecule has 0 fully saturated rings. The Morgan fingerprint density at radius 3 is 1.15 bits per heavy atom. The first-order valence-electron chi connectivity index (χ1n) is 20.9. The second kappa shape index (κ2) is 14.7. The summed E-state index contributed by atoms with van der Waals surface area (Å²) in [4.78, 5) is 15.7. The van der Waals surface area contributed by atoms with Gasteiger partial charge in [0.25, 0.3) is 0 Å². The van der Waals surface area contributed by atoms with Gasteiger partial charge in [-0.2, -0.15) is 0 Å². The highest BCUT2D eigenvalue weighted by Crippen LogP contribution is 2.37. The molecule has 0 N–H and O–H groups in total. The van der Waals surface area contributed by atoms with Gasteiger partial charge in [-0.25, -0.2) is 15.0 Å². The molecule has 12 aromatic rings. The maximum Gasteiger partial charge on any atom is 0.164 e. The zero-order chi connectivity index (χ0) is 41.0. The summed E-state index contributed by atoms with van der Waals surface area (Å²) in [5.41, 5.74) is 14.2. The Labute approximate surface area is 358 Å². The molecule has 0 saturated heterocycles. The third kappa shape index (κ3) is 6.06. The quantitative estimate of drug-likeness (QED) is 0.162. The lowest BCUT2D eigenvalue weighted by Gasteiger charge is -2.11. The third-order valence-electron chi connectivity index (χ3n) is 12.0. The minimum absolute atomic E-state index is 0.615. The Balaban J connectivity index is 1.02. The molecule has 0 aliphatic carbocycles. The molecule has 5 nitrogen and oxygen atoms in total. The van der Waals surface area contributed by atoms with Gasteiger partial charge in [0, 0.05) is 49.6 Å². The molecule has 0 aliphatic rings. The first-order valence-corrected chi connectivity index (χ1v) is 20.9. The summed E-state index contributed by atoms with van der Waals surface area (Å²) in [6, 6.07) is 79.2. The Morgan fingerprint density at radius 1 is 0.226 bits per heavy atom. The van der Waals surface area contributed by atoms with Gasteiger partial charge in [0.05, 0.1) is 22.1 Å². The Morgan fingerprint density at radius 2 is 0.581 bits per heavy atom.